The third-order valence-corrected chi connectivity index (χ3v) is 7.60. The zero-order valence-electron chi connectivity index (χ0n) is 23.3. The molecule has 0 unspecified atom stereocenters. The van der Waals surface area contributed by atoms with Crippen LogP contribution in [0.15, 0.2) is 60.8 Å². The Morgan fingerprint density at radius 2 is 1.65 bits per heavy atom. The normalized spacial score (nSPS) is 16.1. The zero-order valence-corrected chi connectivity index (χ0v) is 23.3. The number of aromatic nitrogens is 1. The van der Waals surface area contributed by atoms with E-state index in [9.17, 15) is 18.4 Å². The molecule has 220 valence electrons. The number of hydrogen-bond acceptors (Lipinski definition) is 7. The van der Waals surface area contributed by atoms with Gasteiger partial charge in [0.15, 0.2) is 0 Å². The van der Waals surface area contributed by atoms with Crippen LogP contribution in [0.4, 0.5) is 8.78 Å². The number of piperazine rings is 1. The third kappa shape index (κ3) is 7.07. The topological polar surface area (TPSA) is 140 Å². The van der Waals surface area contributed by atoms with Crippen LogP contribution in [0.3, 0.4) is 0 Å². The van der Waals surface area contributed by atoms with Gasteiger partial charge in [0.2, 0.25) is 0 Å². The molecular weight excluding hydrogens is 554 g/mol. The lowest BCUT2D eigenvalue weighted by Crippen LogP contribution is -2.53. The molecular formula is C31H30F2N8O2. The molecule has 0 spiro atoms. The number of hydrogen-bond donors (Lipinski definition) is 3. The van der Waals surface area contributed by atoms with Crippen LogP contribution in [0.2, 0.25) is 0 Å². The molecule has 12 heteroatoms. The second-order valence-electron chi connectivity index (χ2n) is 10.6. The molecule has 0 radical (unpaired) electrons. The maximum atomic E-state index is 13.5. The standard InChI is InChI=1S/C31H30F2N8O2/c32-24-13-21(14-25(33)15-24)18-39-9-7-26(8-10-39)38-30(42)27-6-5-23(17-37-27)31(43)40-11-12-41(28(35)19-40)29(36)22-3-1-20(16-34)2-4-22/h1-6,13-15,17,26,35-36H,7-12,18-19H2,(H,38,42). The van der Waals surface area contributed by atoms with Gasteiger partial charge in [0.1, 0.15) is 29.0 Å². The number of likely N-dealkylation sites (tertiary alicyclic amines) is 1. The summed E-state index contributed by atoms with van der Waals surface area (Å²) < 4.78 is 27.0. The lowest BCUT2D eigenvalue weighted by molar-refractivity contribution is 0.0755. The predicted octanol–water partition coefficient (Wildman–Crippen LogP) is 3.39. The molecule has 0 saturated carbocycles. The molecule has 3 heterocycles. The van der Waals surface area contributed by atoms with Crippen LogP contribution in [0.5, 0.6) is 0 Å². The lowest BCUT2D eigenvalue weighted by atomic mass is 10.0. The van der Waals surface area contributed by atoms with Crippen molar-refractivity contribution >= 4 is 23.5 Å². The largest absolute Gasteiger partial charge is 0.348 e. The summed E-state index contributed by atoms with van der Waals surface area (Å²) in [4.78, 5) is 35.2. The van der Waals surface area contributed by atoms with Crippen LogP contribution in [-0.4, -0.2) is 81.9 Å². The van der Waals surface area contributed by atoms with Crippen molar-refractivity contribution in [2.75, 3.05) is 32.7 Å². The second-order valence-corrected chi connectivity index (χ2v) is 10.6. The molecule has 5 rings (SSSR count). The van der Waals surface area contributed by atoms with Gasteiger partial charge in [-0.05, 0) is 66.9 Å². The van der Waals surface area contributed by atoms with Crippen molar-refractivity contribution in [3.8, 4) is 6.07 Å². The van der Waals surface area contributed by atoms with Crippen molar-refractivity contribution < 1.29 is 18.4 Å². The SMILES string of the molecule is N#Cc1ccc(C(=N)N2CCN(C(=O)c3ccc(C(=O)NC4CCN(Cc5cc(F)cc(F)c5)CC4)nc3)CC2=N)cc1. The number of amides is 2. The molecule has 0 atom stereocenters. The fourth-order valence-electron chi connectivity index (χ4n) is 5.27. The average molecular weight is 585 g/mol. The molecule has 2 amide bonds. The quantitative estimate of drug-likeness (QED) is 0.300. The first kappa shape index (κ1) is 29.5. The molecule has 2 saturated heterocycles. The van der Waals surface area contributed by atoms with E-state index >= 15 is 0 Å². The van der Waals surface area contributed by atoms with Gasteiger partial charge in [-0.3, -0.25) is 30.3 Å². The summed E-state index contributed by atoms with van der Waals surface area (Å²) in [7, 11) is 0. The average Bonchev–Trinajstić information content (AvgIpc) is 3.01. The van der Waals surface area contributed by atoms with E-state index in [4.69, 9.17) is 16.1 Å². The van der Waals surface area contributed by atoms with E-state index in [1.807, 2.05) is 6.07 Å². The Kier molecular flexibility index (Phi) is 8.82. The Morgan fingerprint density at radius 3 is 2.26 bits per heavy atom. The van der Waals surface area contributed by atoms with Crippen LogP contribution in [0.1, 0.15) is 50.4 Å². The van der Waals surface area contributed by atoms with Gasteiger partial charge in [-0.2, -0.15) is 5.26 Å². The predicted molar refractivity (Wildman–Crippen MR) is 155 cm³/mol. The smallest absolute Gasteiger partial charge is 0.270 e. The van der Waals surface area contributed by atoms with Crippen LogP contribution in [0.25, 0.3) is 0 Å². The van der Waals surface area contributed by atoms with Gasteiger partial charge >= 0.3 is 0 Å². The van der Waals surface area contributed by atoms with Crippen molar-refractivity contribution in [2.45, 2.75) is 25.4 Å². The van der Waals surface area contributed by atoms with Gasteiger partial charge in [0.25, 0.3) is 11.8 Å². The van der Waals surface area contributed by atoms with Gasteiger partial charge in [-0.15, -0.1) is 0 Å². The lowest BCUT2D eigenvalue weighted by Gasteiger charge is -2.36. The van der Waals surface area contributed by atoms with Gasteiger partial charge in [0, 0.05) is 56.6 Å². The molecule has 2 aromatic carbocycles. The maximum absolute atomic E-state index is 13.5. The Bertz CT molecular complexity index is 1560. The molecule has 2 aliphatic rings. The zero-order chi connectivity index (χ0) is 30.5. The van der Waals surface area contributed by atoms with Crippen molar-refractivity contribution in [1.82, 2.24) is 25.0 Å². The number of benzene rings is 2. The second kappa shape index (κ2) is 12.9. The summed E-state index contributed by atoms with van der Waals surface area (Å²) in [5.41, 5.74) is 2.11. The highest BCUT2D eigenvalue weighted by Crippen LogP contribution is 2.17. The summed E-state index contributed by atoms with van der Waals surface area (Å²) >= 11 is 0. The van der Waals surface area contributed by atoms with Gasteiger partial charge in [0.05, 0.1) is 23.7 Å². The highest BCUT2D eigenvalue weighted by Gasteiger charge is 2.29. The number of amidine groups is 2. The fourth-order valence-corrected chi connectivity index (χ4v) is 5.27. The first-order chi connectivity index (χ1) is 20.7. The molecule has 3 aromatic rings. The Labute approximate surface area is 247 Å². The van der Waals surface area contributed by atoms with Gasteiger partial charge < -0.3 is 15.1 Å². The van der Waals surface area contributed by atoms with Crippen LogP contribution >= 0.6 is 0 Å². The van der Waals surface area contributed by atoms with Crippen molar-refractivity contribution in [3.05, 3.63) is 100 Å². The molecule has 0 bridgehead atoms. The Hall–Kier alpha value is -5.02. The van der Waals surface area contributed by atoms with Crippen LogP contribution in [0, 0.1) is 33.8 Å². The molecule has 3 N–H and O–H groups in total. The summed E-state index contributed by atoms with van der Waals surface area (Å²) in [6, 6.07) is 15.1. The van der Waals surface area contributed by atoms with Gasteiger partial charge in [-0.1, -0.05) is 0 Å². The number of halogens is 2. The Morgan fingerprint density at radius 1 is 0.977 bits per heavy atom. The number of piperidine rings is 1. The minimum Gasteiger partial charge on any atom is -0.348 e. The Balaban J connectivity index is 1.10. The summed E-state index contributed by atoms with van der Waals surface area (Å²) in [5, 5.41) is 28.8. The molecule has 2 aliphatic heterocycles. The minimum atomic E-state index is -0.600. The fraction of sp³-hybridized carbons (Fsp3) is 0.290. The number of carbonyl (C=O) groups excluding carboxylic acids is 2. The highest BCUT2D eigenvalue weighted by molar-refractivity contribution is 6.09. The number of rotatable bonds is 6. The van der Waals surface area contributed by atoms with E-state index in [0.29, 0.717) is 61.3 Å². The van der Waals surface area contributed by atoms with E-state index in [-0.39, 0.29) is 48.3 Å². The van der Waals surface area contributed by atoms with Crippen LogP contribution < -0.4 is 5.32 Å². The van der Waals surface area contributed by atoms with E-state index in [2.05, 4.69) is 15.2 Å². The number of nitrogens with one attached hydrogen (secondary N) is 3. The summed E-state index contributed by atoms with van der Waals surface area (Å²) in [6.07, 6.45) is 2.72. The molecule has 10 nitrogen and oxygen atoms in total. The first-order valence-electron chi connectivity index (χ1n) is 13.9. The van der Waals surface area contributed by atoms with Crippen molar-refractivity contribution in [3.63, 3.8) is 0 Å². The van der Waals surface area contributed by atoms with Crippen LogP contribution in [-0.2, 0) is 6.54 Å². The van der Waals surface area contributed by atoms with Crippen molar-refractivity contribution in [1.29, 1.82) is 16.1 Å². The van der Waals surface area contributed by atoms with Crippen molar-refractivity contribution in [2.24, 2.45) is 0 Å². The molecule has 1 aromatic heterocycles. The number of pyridine rings is 1. The minimum absolute atomic E-state index is 0.0204. The van der Waals surface area contributed by atoms with E-state index in [0.717, 1.165) is 6.07 Å². The third-order valence-electron chi connectivity index (χ3n) is 7.60. The molecule has 43 heavy (non-hydrogen) atoms. The molecule has 0 aliphatic carbocycles. The van der Waals surface area contributed by atoms with E-state index in [1.54, 1.807) is 30.3 Å². The number of nitrogens with zero attached hydrogens (tertiary/aromatic N) is 5. The number of carbonyl (C=O) groups is 2. The molecule has 2 fully saturated rings. The summed E-state index contributed by atoms with van der Waals surface area (Å²) in [6.45, 7) is 2.36. The van der Waals surface area contributed by atoms with Gasteiger partial charge in [-0.25, -0.2) is 8.78 Å². The summed E-state index contributed by atoms with van der Waals surface area (Å²) in [5.74, 6) is -1.63. The first-order valence-corrected chi connectivity index (χ1v) is 13.9. The monoisotopic (exact) mass is 584 g/mol. The maximum Gasteiger partial charge on any atom is 0.270 e. The number of nitriles is 1. The highest BCUT2D eigenvalue weighted by atomic mass is 19.1. The van der Waals surface area contributed by atoms with E-state index in [1.165, 1.54) is 34.2 Å². The van der Waals surface area contributed by atoms with E-state index < -0.39 is 11.6 Å².